The van der Waals surface area contributed by atoms with E-state index in [0.29, 0.717) is 5.82 Å². The van der Waals surface area contributed by atoms with E-state index in [1.807, 2.05) is 65.1 Å². The van der Waals surface area contributed by atoms with Gasteiger partial charge in [-0.3, -0.25) is 0 Å². The third-order valence-corrected chi connectivity index (χ3v) is 4.05. The Hall–Kier alpha value is -2.18. The number of rotatable bonds is 6. The third kappa shape index (κ3) is 13.9. The van der Waals surface area contributed by atoms with Gasteiger partial charge in [-0.05, 0) is 25.8 Å². The summed E-state index contributed by atoms with van der Waals surface area (Å²) in [5, 5.41) is 0. The molecule has 0 aliphatic heterocycles. The van der Waals surface area contributed by atoms with Crippen molar-refractivity contribution in [1.29, 1.82) is 0 Å². The zero-order chi connectivity index (χ0) is 23.6. The summed E-state index contributed by atoms with van der Waals surface area (Å²) in [5.41, 5.74) is 2.21. The Morgan fingerprint density at radius 2 is 1.70 bits per heavy atom. The lowest BCUT2D eigenvalue weighted by Gasteiger charge is -2.17. The standard InChI is InChI=1S/C12H15N3O2S.C8H14.2C2H6/c1-15-9-8-13-12(15)11(14-18(2,16)17)10-6-4-3-5-7-10;1-4-5-6-7-8(2)3;2*1-2/h3-9,11,14H,1-2H3;5-7H,4H2,1-3H3;2*1-2H3/b;6-5-;;. The summed E-state index contributed by atoms with van der Waals surface area (Å²) in [6.07, 6.45) is 12.1. The molecule has 2 aromatic rings. The number of sulfonamides is 1. The topological polar surface area (TPSA) is 64.0 Å². The van der Waals surface area contributed by atoms with Gasteiger partial charge in [0.2, 0.25) is 10.0 Å². The van der Waals surface area contributed by atoms with Gasteiger partial charge >= 0.3 is 0 Å². The fraction of sp³-hybridized carbons (Fsp3) is 0.458. The molecule has 0 amide bonds. The Labute approximate surface area is 185 Å². The molecule has 0 aliphatic carbocycles. The second-order valence-corrected chi connectivity index (χ2v) is 7.99. The number of nitrogens with one attached hydrogen (secondary N) is 1. The molecule has 0 spiro atoms. The molecule has 6 heteroatoms. The molecule has 1 N–H and O–H groups in total. The van der Waals surface area contributed by atoms with Crippen molar-refractivity contribution in [2.24, 2.45) is 7.05 Å². The number of imidazole rings is 1. The maximum Gasteiger partial charge on any atom is 0.209 e. The van der Waals surface area contributed by atoms with Gasteiger partial charge < -0.3 is 4.57 Å². The van der Waals surface area contributed by atoms with Crippen molar-refractivity contribution >= 4 is 10.0 Å². The van der Waals surface area contributed by atoms with E-state index >= 15 is 0 Å². The molecule has 1 aromatic carbocycles. The number of hydrogen-bond acceptors (Lipinski definition) is 3. The Balaban J connectivity index is 0. The molecule has 0 fully saturated rings. The molecule has 1 unspecified atom stereocenters. The molecule has 1 atom stereocenters. The third-order valence-electron chi connectivity index (χ3n) is 3.38. The average Bonchev–Trinajstić information content (AvgIpc) is 3.15. The van der Waals surface area contributed by atoms with E-state index in [4.69, 9.17) is 0 Å². The van der Waals surface area contributed by atoms with Gasteiger partial charge in [0.1, 0.15) is 11.9 Å². The lowest BCUT2D eigenvalue weighted by molar-refractivity contribution is 0.568. The molecule has 1 aromatic heterocycles. The van der Waals surface area contributed by atoms with Crippen molar-refractivity contribution in [2.75, 3.05) is 6.26 Å². The van der Waals surface area contributed by atoms with E-state index in [0.717, 1.165) is 18.2 Å². The van der Waals surface area contributed by atoms with Gasteiger partial charge in [0.15, 0.2) is 0 Å². The molecule has 170 valence electrons. The summed E-state index contributed by atoms with van der Waals surface area (Å²) >= 11 is 0. The van der Waals surface area contributed by atoms with Crippen LogP contribution in [0.4, 0.5) is 0 Å². The molecule has 2 rings (SSSR count). The lowest BCUT2D eigenvalue weighted by atomic mass is 10.1. The normalized spacial score (nSPS) is 11.1. The van der Waals surface area contributed by atoms with Crippen molar-refractivity contribution in [3.05, 3.63) is 77.9 Å². The lowest BCUT2D eigenvalue weighted by Crippen LogP contribution is -2.30. The van der Waals surface area contributed by atoms with Gasteiger partial charge in [-0.2, -0.15) is 0 Å². The van der Waals surface area contributed by atoms with Crippen molar-refractivity contribution in [1.82, 2.24) is 14.3 Å². The highest BCUT2D eigenvalue weighted by Crippen LogP contribution is 2.20. The highest BCUT2D eigenvalue weighted by molar-refractivity contribution is 7.88. The highest BCUT2D eigenvalue weighted by Gasteiger charge is 2.21. The summed E-state index contributed by atoms with van der Waals surface area (Å²) in [7, 11) is -1.48. The molecule has 0 bridgehead atoms. The van der Waals surface area contributed by atoms with Gasteiger partial charge in [0.05, 0.1) is 6.26 Å². The molecule has 30 heavy (non-hydrogen) atoms. The first-order chi connectivity index (χ1) is 14.2. The van der Waals surface area contributed by atoms with Crippen LogP contribution in [-0.4, -0.2) is 24.2 Å². The predicted molar refractivity (Wildman–Crippen MR) is 131 cm³/mol. The van der Waals surface area contributed by atoms with Gasteiger partial charge in [-0.15, -0.1) is 0 Å². The monoisotopic (exact) mass is 435 g/mol. The summed E-state index contributed by atoms with van der Waals surface area (Å²) in [5.74, 6) is 0.659. The first-order valence-corrected chi connectivity index (χ1v) is 12.4. The van der Waals surface area contributed by atoms with E-state index in [9.17, 15) is 8.42 Å². The first-order valence-electron chi connectivity index (χ1n) is 10.5. The minimum atomic E-state index is -3.32. The summed E-state index contributed by atoms with van der Waals surface area (Å²) in [6, 6.07) is 8.90. The summed E-state index contributed by atoms with van der Waals surface area (Å²) < 4.78 is 27.4. The Kier molecular flexibility index (Phi) is 17.7. The number of aryl methyl sites for hydroxylation is 1. The second kappa shape index (κ2) is 17.7. The number of allylic oxidation sites excluding steroid dienone is 4. The van der Waals surface area contributed by atoms with Crippen molar-refractivity contribution < 1.29 is 8.42 Å². The van der Waals surface area contributed by atoms with Gasteiger partial charge in [0, 0.05) is 19.4 Å². The molecular weight excluding hydrogens is 394 g/mol. The van der Waals surface area contributed by atoms with Crippen LogP contribution in [0.2, 0.25) is 0 Å². The molecule has 0 radical (unpaired) electrons. The minimum absolute atomic E-state index is 0.471. The molecule has 5 nitrogen and oxygen atoms in total. The summed E-state index contributed by atoms with van der Waals surface area (Å²) in [6.45, 7) is 14.3. The number of nitrogens with zero attached hydrogens (tertiary/aromatic N) is 2. The zero-order valence-corrected chi connectivity index (χ0v) is 21.0. The van der Waals surface area contributed by atoms with Crippen molar-refractivity contribution in [3.63, 3.8) is 0 Å². The highest BCUT2D eigenvalue weighted by atomic mass is 32.2. The quantitative estimate of drug-likeness (QED) is 0.563. The summed E-state index contributed by atoms with van der Waals surface area (Å²) in [4.78, 5) is 4.21. The van der Waals surface area contributed by atoms with Gasteiger partial charge in [-0.1, -0.05) is 88.8 Å². The number of aromatic nitrogens is 2. The van der Waals surface area contributed by atoms with Gasteiger partial charge in [-0.25, -0.2) is 18.1 Å². The fourth-order valence-electron chi connectivity index (χ4n) is 2.18. The zero-order valence-electron chi connectivity index (χ0n) is 20.2. The Morgan fingerprint density at radius 1 is 1.13 bits per heavy atom. The molecule has 0 saturated carbocycles. The van der Waals surface area contributed by atoms with Crippen molar-refractivity contribution in [2.45, 2.75) is 60.9 Å². The van der Waals surface area contributed by atoms with Crippen molar-refractivity contribution in [3.8, 4) is 0 Å². The maximum atomic E-state index is 11.5. The SMILES string of the molecule is CC.CC.CC/C=C\C=C(C)C.Cn1ccnc1C(NS(C)(=O)=O)c1ccccc1. The minimum Gasteiger partial charge on any atom is -0.336 e. The first kappa shape index (κ1) is 30.0. The van der Waals surface area contributed by atoms with Crippen LogP contribution in [0, 0.1) is 0 Å². The smallest absolute Gasteiger partial charge is 0.209 e. The Morgan fingerprint density at radius 3 is 2.10 bits per heavy atom. The van der Waals surface area contributed by atoms with Crippen LogP contribution in [-0.2, 0) is 17.1 Å². The second-order valence-electron chi connectivity index (χ2n) is 6.21. The van der Waals surface area contributed by atoms with Crippen LogP contribution in [0.1, 0.15) is 72.3 Å². The van der Waals surface area contributed by atoms with E-state index < -0.39 is 16.1 Å². The van der Waals surface area contributed by atoms with E-state index in [2.05, 4.69) is 48.7 Å². The molecule has 0 saturated heterocycles. The van der Waals surface area contributed by atoms with Gasteiger partial charge in [0.25, 0.3) is 0 Å². The molecule has 0 aliphatic rings. The number of benzene rings is 1. The largest absolute Gasteiger partial charge is 0.336 e. The van der Waals surface area contributed by atoms with Crippen LogP contribution in [0.3, 0.4) is 0 Å². The predicted octanol–water partition coefficient (Wildman–Crippen LogP) is 6.03. The van der Waals surface area contributed by atoms with E-state index in [1.165, 1.54) is 5.57 Å². The van der Waals surface area contributed by atoms with Crippen LogP contribution in [0.15, 0.2) is 66.5 Å². The maximum absolute atomic E-state index is 11.5. The van der Waals surface area contributed by atoms with Crippen LogP contribution >= 0.6 is 0 Å². The van der Waals surface area contributed by atoms with E-state index in [-0.39, 0.29) is 0 Å². The number of hydrogen-bond donors (Lipinski definition) is 1. The van der Waals surface area contributed by atoms with Crippen LogP contribution < -0.4 is 4.72 Å². The van der Waals surface area contributed by atoms with Crippen LogP contribution in [0.5, 0.6) is 0 Å². The average molecular weight is 436 g/mol. The Bertz CT molecular complexity index is 819. The molecule has 1 heterocycles. The molecular formula is C24H41N3O2S. The fourth-order valence-corrected chi connectivity index (χ4v) is 2.85. The van der Waals surface area contributed by atoms with Crippen LogP contribution in [0.25, 0.3) is 0 Å². The van der Waals surface area contributed by atoms with E-state index in [1.54, 1.807) is 17.0 Å².